The van der Waals surface area contributed by atoms with E-state index in [1.165, 1.54) is 18.7 Å². The van der Waals surface area contributed by atoms with E-state index in [0.717, 1.165) is 15.6 Å². The summed E-state index contributed by atoms with van der Waals surface area (Å²) in [4.78, 5) is 32.7. The number of halogens is 1. The van der Waals surface area contributed by atoms with E-state index < -0.39 is 11.6 Å². The van der Waals surface area contributed by atoms with Crippen molar-refractivity contribution in [2.75, 3.05) is 0 Å². The summed E-state index contributed by atoms with van der Waals surface area (Å²) in [6.45, 7) is 2.04. The quantitative estimate of drug-likeness (QED) is 0.426. The average Bonchev–Trinajstić information content (AvgIpc) is 3.60. The number of nitrogens with zero attached hydrogens (tertiary/aromatic N) is 2. The van der Waals surface area contributed by atoms with E-state index in [1.54, 1.807) is 13.0 Å². The number of nitrogens with one attached hydrogen (secondary N) is 2. The van der Waals surface area contributed by atoms with E-state index in [1.807, 2.05) is 36.4 Å². The summed E-state index contributed by atoms with van der Waals surface area (Å²) in [6.07, 6.45) is 4.81. The summed E-state index contributed by atoms with van der Waals surface area (Å²) in [6, 6.07) is 12.8. The molecule has 33 heavy (non-hydrogen) atoms. The van der Waals surface area contributed by atoms with Crippen LogP contribution in [0.25, 0.3) is 0 Å². The van der Waals surface area contributed by atoms with Gasteiger partial charge < -0.3 is 20.5 Å². The molecule has 0 bridgehead atoms. The van der Waals surface area contributed by atoms with Crippen molar-refractivity contribution in [2.45, 2.75) is 38.0 Å². The lowest BCUT2D eigenvalue weighted by Crippen LogP contribution is -2.48. The Balaban J connectivity index is 1.31. The smallest absolute Gasteiger partial charge is 0.255 e. The van der Waals surface area contributed by atoms with Crippen LogP contribution in [0.2, 0.25) is 0 Å². The molecule has 170 valence electrons. The minimum Gasteiger partial charge on any atom is -0.456 e. The molecule has 9 heteroatoms. The molecule has 1 fully saturated rings. The fraction of sp³-hybridized carbons (Fsp3) is 0.250. The Morgan fingerprint density at radius 3 is 2.45 bits per heavy atom. The molecular formula is C24H23BrN4O4. The minimum absolute atomic E-state index is 0.213. The molecule has 2 amide bonds. The Hall–Kier alpha value is -3.30. The number of carbonyl (C=O) groups is 2. The molecule has 1 aliphatic rings. The summed E-state index contributed by atoms with van der Waals surface area (Å²) in [7, 11) is 0. The zero-order valence-corrected chi connectivity index (χ0v) is 19.5. The van der Waals surface area contributed by atoms with Gasteiger partial charge in [-0.3, -0.25) is 9.59 Å². The molecule has 1 heterocycles. The maximum Gasteiger partial charge on any atom is 0.255 e. The second kappa shape index (κ2) is 9.68. The number of aliphatic hydroxyl groups is 1. The molecule has 1 unspecified atom stereocenters. The largest absolute Gasteiger partial charge is 0.456 e. The zero-order valence-electron chi connectivity index (χ0n) is 17.9. The van der Waals surface area contributed by atoms with E-state index in [0.29, 0.717) is 36.4 Å². The second-order valence-corrected chi connectivity index (χ2v) is 8.81. The van der Waals surface area contributed by atoms with E-state index in [9.17, 15) is 14.7 Å². The molecule has 0 radical (unpaired) electrons. The van der Waals surface area contributed by atoms with Gasteiger partial charge in [0.05, 0.1) is 16.1 Å². The second-order valence-electron chi connectivity index (χ2n) is 7.96. The molecule has 3 N–H and O–H groups in total. The van der Waals surface area contributed by atoms with Crippen molar-refractivity contribution in [3.63, 3.8) is 0 Å². The van der Waals surface area contributed by atoms with Crippen LogP contribution in [-0.2, 0) is 11.3 Å². The number of aromatic nitrogens is 2. The Morgan fingerprint density at radius 1 is 1.15 bits per heavy atom. The first-order chi connectivity index (χ1) is 15.9. The highest BCUT2D eigenvalue weighted by atomic mass is 79.9. The molecule has 0 saturated heterocycles. The topological polar surface area (TPSA) is 113 Å². The van der Waals surface area contributed by atoms with Crippen LogP contribution >= 0.6 is 15.9 Å². The van der Waals surface area contributed by atoms with Crippen LogP contribution in [0.5, 0.6) is 11.5 Å². The van der Waals surface area contributed by atoms with Gasteiger partial charge >= 0.3 is 0 Å². The van der Waals surface area contributed by atoms with E-state index in [-0.39, 0.29) is 11.8 Å². The van der Waals surface area contributed by atoms with Gasteiger partial charge in [0.2, 0.25) is 5.91 Å². The lowest BCUT2D eigenvalue weighted by molar-refractivity contribution is -0.124. The van der Waals surface area contributed by atoms with Crippen molar-refractivity contribution in [3.05, 3.63) is 82.3 Å². The third-order valence-electron chi connectivity index (χ3n) is 5.40. The number of ether oxygens (including phenoxy) is 1. The van der Waals surface area contributed by atoms with Crippen molar-refractivity contribution in [1.82, 2.24) is 20.6 Å². The highest BCUT2D eigenvalue weighted by Gasteiger charge is 2.51. The first kappa shape index (κ1) is 22.9. The Bertz CT molecular complexity index is 1150. The molecule has 4 rings (SSSR count). The summed E-state index contributed by atoms with van der Waals surface area (Å²) >= 11 is 3.46. The van der Waals surface area contributed by atoms with Crippen molar-refractivity contribution in [2.24, 2.45) is 0 Å². The molecule has 8 nitrogen and oxygen atoms in total. The number of rotatable bonds is 8. The van der Waals surface area contributed by atoms with Gasteiger partial charge in [0, 0.05) is 18.9 Å². The summed E-state index contributed by atoms with van der Waals surface area (Å²) in [5.41, 5.74) is 1.14. The fourth-order valence-electron chi connectivity index (χ4n) is 3.25. The summed E-state index contributed by atoms with van der Waals surface area (Å²) in [5, 5.41) is 15.4. The number of benzene rings is 2. The van der Waals surface area contributed by atoms with Gasteiger partial charge in [0.25, 0.3) is 5.91 Å². The monoisotopic (exact) mass is 510 g/mol. The normalized spacial score (nSPS) is 14.8. The molecule has 0 spiro atoms. The third kappa shape index (κ3) is 5.55. The molecule has 3 aromatic rings. The number of aliphatic hydroxyl groups excluding tert-OH is 1. The maximum atomic E-state index is 12.7. The van der Waals surface area contributed by atoms with Gasteiger partial charge in [-0.25, -0.2) is 9.97 Å². The van der Waals surface area contributed by atoms with Crippen molar-refractivity contribution >= 4 is 27.7 Å². The van der Waals surface area contributed by atoms with Crippen molar-refractivity contribution in [3.8, 4) is 11.5 Å². The Labute approximate surface area is 199 Å². The third-order valence-corrected chi connectivity index (χ3v) is 6.02. The average molecular weight is 511 g/mol. The van der Waals surface area contributed by atoms with Gasteiger partial charge in [-0.05, 0) is 71.1 Å². The highest BCUT2D eigenvalue weighted by Crippen LogP contribution is 2.36. The van der Waals surface area contributed by atoms with Crippen molar-refractivity contribution in [1.29, 1.82) is 0 Å². The number of hydrogen-bond donors (Lipinski definition) is 3. The molecule has 1 aromatic heterocycles. The van der Waals surface area contributed by atoms with E-state index >= 15 is 0 Å². The van der Waals surface area contributed by atoms with Gasteiger partial charge in [0.1, 0.15) is 23.4 Å². The first-order valence-electron chi connectivity index (χ1n) is 10.5. The molecule has 1 atom stereocenters. The lowest BCUT2D eigenvalue weighted by Gasteiger charge is -2.17. The van der Waals surface area contributed by atoms with Crippen LogP contribution in [0.15, 0.2) is 65.7 Å². The number of hydrogen-bond acceptors (Lipinski definition) is 6. The Kier molecular flexibility index (Phi) is 6.71. The van der Waals surface area contributed by atoms with Crippen LogP contribution < -0.4 is 15.4 Å². The lowest BCUT2D eigenvalue weighted by atomic mass is 10.1. The molecule has 2 aromatic carbocycles. The number of amides is 2. The maximum absolute atomic E-state index is 12.7. The summed E-state index contributed by atoms with van der Waals surface area (Å²) in [5.74, 6) is 0.704. The van der Waals surface area contributed by atoms with Crippen LogP contribution in [0.3, 0.4) is 0 Å². The first-order valence-corrected chi connectivity index (χ1v) is 11.3. The highest BCUT2D eigenvalue weighted by molar-refractivity contribution is 9.10. The van der Waals surface area contributed by atoms with Gasteiger partial charge in [-0.2, -0.15) is 0 Å². The number of carbonyl (C=O) groups excluding carboxylic acids is 2. The van der Waals surface area contributed by atoms with E-state index in [2.05, 4.69) is 36.5 Å². The van der Waals surface area contributed by atoms with Crippen molar-refractivity contribution < 1.29 is 19.4 Å². The zero-order chi connectivity index (χ0) is 23.4. The SMILES string of the molecule is CC(O)c1ccc(Oc2ccc(CNC(=O)C3(NC(=O)c4cncnc4)CC3)cc2)c(Br)c1. The predicted octanol–water partition coefficient (Wildman–Crippen LogP) is 3.66. The van der Waals surface area contributed by atoms with Gasteiger partial charge in [-0.15, -0.1) is 0 Å². The van der Waals surface area contributed by atoms with Crippen LogP contribution in [0.1, 0.15) is 47.4 Å². The Morgan fingerprint density at radius 2 is 1.85 bits per heavy atom. The predicted molar refractivity (Wildman–Crippen MR) is 125 cm³/mol. The van der Waals surface area contributed by atoms with Crippen LogP contribution in [0, 0.1) is 0 Å². The van der Waals surface area contributed by atoms with Crippen LogP contribution in [-0.4, -0.2) is 32.4 Å². The minimum atomic E-state index is -0.875. The van der Waals surface area contributed by atoms with Crippen LogP contribution in [0.4, 0.5) is 0 Å². The fourth-order valence-corrected chi connectivity index (χ4v) is 3.73. The summed E-state index contributed by atoms with van der Waals surface area (Å²) < 4.78 is 6.65. The van der Waals surface area contributed by atoms with Gasteiger partial charge in [-0.1, -0.05) is 18.2 Å². The molecule has 0 aliphatic heterocycles. The molecular weight excluding hydrogens is 488 g/mol. The molecule has 1 aliphatic carbocycles. The van der Waals surface area contributed by atoms with Gasteiger partial charge in [0.15, 0.2) is 0 Å². The standard InChI is InChI=1S/C24H23BrN4O4/c1-15(30)17-4-7-21(20(25)10-17)33-19-5-2-16(3-6-19)11-28-23(32)24(8-9-24)29-22(31)18-12-26-14-27-13-18/h2-7,10,12-15,30H,8-9,11H2,1H3,(H,28,32)(H,29,31). The van der Waals surface area contributed by atoms with E-state index in [4.69, 9.17) is 4.74 Å². The molecule has 1 saturated carbocycles.